The van der Waals surface area contributed by atoms with Gasteiger partial charge in [0.2, 0.25) is 0 Å². The molecule has 0 aliphatic rings. The second-order valence-corrected chi connectivity index (χ2v) is 3.59. The van der Waals surface area contributed by atoms with Gasteiger partial charge in [-0.25, -0.2) is 4.85 Å². The van der Waals surface area contributed by atoms with Gasteiger partial charge in [-0.05, 0) is 19.4 Å². The maximum absolute atomic E-state index is 10.9. The Morgan fingerprint density at radius 3 is 2.64 bits per heavy atom. The highest BCUT2D eigenvalue weighted by Crippen LogP contribution is 2.26. The Kier molecular flexibility index (Phi) is 2.57. The van der Waals surface area contributed by atoms with E-state index in [9.17, 15) is 4.79 Å². The molecule has 1 rings (SSSR count). The molecule has 0 unspecified atom stereocenters. The minimum Gasteiger partial charge on any atom is -0.481 e. The first-order valence-corrected chi connectivity index (χ1v) is 4.20. The Morgan fingerprint density at radius 1 is 1.50 bits per heavy atom. The molecule has 0 aromatic heterocycles. The van der Waals surface area contributed by atoms with E-state index in [4.69, 9.17) is 11.7 Å². The average Bonchev–Trinajstić information content (AvgIpc) is 2.17. The van der Waals surface area contributed by atoms with Gasteiger partial charge in [-0.1, -0.05) is 24.3 Å². The van der Waals surface area contributed by atoms with Gasteiger partial charge in [-0.2, -0.15) is 0 Å². The third-order valence-electron chi connectivity index (χ3n) is 2.23. The van der Waals surface area contributed by atoms with Crippen LogP contribution in [0.5, 0.6) is 0 Å². The summed E-state index contributed by atoms with van der Waals surface area (Å²) < 4.78 is 0. The summed E-state index contributed by atoms with van der Waals surface area (Å²) in [5.41, 5.74) is 0.177. The van der Waals surface area contributed by atoms with Crippen molar-refractivity contribution in [2.45, 2.75) is 19.3 Å². The lowest BCUT2D eigenvalue weighted by Crippen LogP contribution is -2.28. The molecule has 0 saturated heterocycles. The Balaban J connectivity index is 3.21. The van der Waals surface area contributed by atoms with Crippen LogP contribution in [0, 0.1) is 6.57 Å². The van der Waals surface area contributed by atoms with Gasteiger partial charge in [-0.3, -0.25) is 4.79 Å². The number of aliphatic carboxylic acids is 1. The van der Waals surface area contributed by atoms with E-state index in [-0.39, 0.29) is 0 Å². The topological polar surface area (TPSA) is 41.7 Å². The molecule has 0 spiro atoms. The molecule has 0 fully saturated rings. The minimum atomic E-state index is -0.944. The van der Waals surface area contributed by atoms with E-state index in [1.54, 1.807) is 38.1 Å². The van der Waals surface area contributed by atoms with Crippen LogP contribution in [0.2, 0.25) is 0 Å². The molecule has 72 valence electrons. The van der Waals surface area contributed by atoms with Gasteiger partial charge in [0.1, 0.15) is 0 Å². The van der Waals surface area contributed by atoms with Crippen molar-refractivity contribution in [3.63, 3.8) is 0 Å². The van der Waals surface area contributed by atoms with E-state index in [1.807, 2.05) is 0 Å². The van der Waals surface area contributed by atoms with Crippen molar-refractivity contribution in [1.29, 1.82) is 0 Å². The fourth-order valence-electron chi connectivity index (χ4n) is 1.09. The highest BCUT2D eigenvalue weighted by atomic mass is 16.4. The lowest BCUT2D eigenvalue weighted by molar-refractivity contribution is -0.142. The SMILES string of the molecule is [C-]#[N+]c1cccc(C(C)(C)C(=O)O)c1. The van der Waals surface area contributed by atoms with Crippen LogP contribution in [0.3, 0.4) is 0 Å². The second kappa shape index (κ2) is 3.51. The quantitative estimate of drug-likeness (QED) is 0.726. The molecule has 0 aliphatic heterocycles. The highest BCUT2D eigenvalue weighted by molar-refractivity contribution is 5.80. The summed E-state index contributed by atoms with van der Waals surface area (Å²) in [4.78, 5) is 14.2. The third-order valence-corrected chi connectivity index (χ3v) is 2.23. The van der Waals surface area contributed by atoms with Crippen LogP contribution < -0.4 is 0 Å². The molecule has 0 heterocycles. The molecule has 1 aromatic rings. The van der Waals surface area contributed by atoms with Crippen molar-refractivity contribution < 1.29 is 9.90 Å². The molecule has 0 aliphatic carbocycles. The zero-order valence-electron chi connectivity index (χ0n) is 8.11. The summed E-state index contributed by atoms with van der Waals surface area (Å²) in [6.07, 6.45) is 0. The Bertz CT molecular complexity index is 402. The fourth-order valence-corrected chi connectivity index (χ4v) is 1.09. The smallest absolute Gasteiger partial charge is 0.313 e. The number of hydrogen-bond donors (Lipinski definition) is 1. The number of hydrogen-bond acceptors (Lipinski definition) is 1. The number of carboxylic acid groups (broad SMARTS) is 1. The normalized spacial score (nSPS) is 10.6. The summed E-state index contributed by atoms with van der Waals surface area (Å²) >= 11 is 0. The number of carbonyl (C=O) groups is 1. The zero-order valence-corrected chi connectivity index (χ0v) is 8.11. The van der Waals surface area contributed by atoms with E-state index < -0.39 is 11.4 Å². The molecular weight excluding hydrogens is 178 g/mol. The van der Waals surface area contributed by atoms with Gasteiger partial charge >= 0.3 is 5.97 Å². The van der Waals surface area contributed by atoms with Gasteiger partial charge in [0, 0.05) is 0 Å². The maximum atomic E-state index is 10.9. The number of rotatable bonds is 2. The number of nitrogens with zero attached hydrogens (tertiary/aromatic N) is 1. The minimum absolute atomic E-state index is 0.469. The Labute approximate surface area is 82.8 Å². The first-order valence-electron chi connectivity index (χ1n) is 4.20. The zero-order chi connectivity index (χ0) is 10.8. The van der Waals surface area contributed by atoms with Crippen LogP contribution >= 0.6 is 0 Å². The van der Waals surface area contributed by atoms with Crippen LogP contribution in [-0.4, -0.2) is 11.1 Å². The molecule has 1 N–H and O–H groups in total. The predicted molar refractivity (Wildman–Crippen MR) is 53.4 cm³/mol. The average molecular weight is 189 g/mol. The van der Waals surface area contributed by atoms with Gasteiger partial charge < -0.3 is 5.11 Å². The molecule has 0 saturated carbocycles. The van der Waals surface area contributed by atoms with E-state index in [2.05, 4.69) is 4.85 Å². The molecule has 0 amide bonds. The highest BCUT2D eigenvalue weighted by Gasteiger charge is 2.29. The maximum Gasteiger partial charge on any atom is 0.313 e. The van der Waals surface area contributed by atoms with Crippen LogP contribution in [0.15, 0.2) is 24.3 Å². The van der Waals surface area contributed by atoms with Gasteiger partial charge in [0.25, 0.3) is 0 Å². The van der Waals surface area contributed by atoms with Crippen molar-refractivity contribution >= 4 is 11.7 Å². The molecule has 3 nitrogen and oxygen atoms in total. The van der Waals surface area contributed by atoms with Crippen LogP contribution in [0.4, 0.5) is 5.69 Å². The Hall–Kier alpha value is -1.82. The van der Waals surface area contributed by atoms with Crippen molar-refractivity contribution in [3.8, 4) is 0 Å². The second-order valence-electron chi connectivity index (χ2n) is 3.59. The molecular formula is C11H11NO2. The third kappa shape index (κ3) is 1.74. The van der Waals surface area contributed by atoms with Gasteiger partial charge in [0.15, 0.2) is 5.69 Å². The summed E-state index contributed by atoms with van der Waals surface area (Å²) in [6.45, 7) is 10.1. The van der Waals surface area contributed by atoms with Crippen molar-refractivity contribution in [3.05, 3.63) is 41.2 Å². The summed E-state index contributed by atoms with van der Waals surface area (Å²) in [6, 6.07) is 6.70. The number of carboxylic acids is 1. The number of benzene rings is 1. The van der Waals surface area contributed by atoms with Crippen molar-refractivity contribution in [2.75, 3.05) is 0 Å². The fraction of sp³-hybridized carbons (Fsp3) is 0.273. The lowest BCUT2D eigenvalue weighted by atomic mass is 9.85. The summed E-state index contributed by atoms with van der Waals surface area (Å²) in [5, 5.41) is 8.98. The molecule has 0 bridgehead atoms. The van der Waals surface area contributed by atoms with Crippen LogP contribution in [0.25, 0.3) is 4.85 Å². The molecule has 0 atom stereocenters. The molecule has 0 radical (unpaired) electrons. The van der Waals surface area contributed by atoms with Crippen molar-refractivity contribution in [2.24, 2.45) is 0 Å². The van der Waals surface area contributed by atoms with Gasteiger partial charge in [0.05, 0.1) is 12.0 Å². The van der Waals surface area contributed by atoms with E-state index in [0.717, 1.165) is 0 Å². The first kappa shape index (κ1) is 10.3. The summed E-state index contributed by atoms with van der Waals surface area (Å²) in [5.74, 6) is -0.889. The van der Waals surface area contributed by atoms with E-state index in [0.29, 0.717) is 11.3 Å². The molecule has 1 aromatic carbocycles. The van der Waals surface area contributed by atoms with Crippen LogP contribution in [-0.2, 0) is 10.2 Å². The monoisotopic (exact) mass is 189 g/mol. The van der Waals surface area contributed by atoms with Gasteiger partial charge in [-0.15, -0.1) is 0 Å². The summed E-state index contributed by atoms with van der Waals surface area (Å²) in [7, 11) is 0. The molecule has 14 heavy (non-hydrogen) atoms. The Morgan fingerprint density at radius 2 is 2.14 bits per heavy atom. The van der Waals surface area contributed by atoms with E-state index >= 15 is 0 Å². The largest absolute Gasteiger partial charge is 0.481 e. The predicted octanol–water partition coefficient (Wildman–Crippen LogP) is 2.60. The first-order chi connectivity index (χ1) is 6.48. The van der Waals surface area contributed by atoms with Crippen molar-refractivity contribution in [1.82, 2.24) is 0 Å². The van der Waals surface area contributed by atoms with E-state index in [1.165, 1.54) is 0 Å². The molecule has 3 heteroatoms. The van der Waals surface area contributed by atoms with Crippen LogP contribution in [0.1, 0.15) is 19.4 Å². The lowest BCUT2D eigenvalue weighted by Gasteiger charge is -2.19. The standard InChI is InChI=1S/C11H11NO2/c1-11(2,10(13)14)8-5-4-6-9(7-8)12-3/h4-7H,1-2H3,(H,13,14).